The molecule has 1 aliphatic heterocycles. The fourth-order valence-electron chi connectivity index (χ4n) is 3.48. The van der Waals surface area contributed by atoms with Gasteiger partial charge >= 0.3 is 0 Å². The van der Waals surface area contributed by atoms with E-state index in [-0.39, 0.29) is 17.9 Å². The topological polar surface area (TPSA) is 41.6 Å². The molecular formula is C22H26Cl2N2O2. The summed E-state index contributed by atoms with van der Waals surface area (Å²) in [6, 6.07) is 13.1. The lowest BCUT2D eigenvalue weighted by Crippen LogP contribution is -2.40. The number of hydrogen-bond acceptors (Lipinski definition) is 3. The predicted octanol–water partition coefficient (Wildman–Crippen LogP) is 5.63. The summed E-state index contributed by atoms with van der Waals surface area (Å²) in [5.74, 6) is 0.729. The van der Waals surface area contributed by atoms with E-state index in [4.69, 9.17) is 27.9 Å². The third-order valence-electron chi connectivity index (χ3n) is 4.79. The molecule has 3 rings (SSSR count). The summed E-state index contributed by atoms with van der Waals surface area (Å²) in [4.78, 5) is 15.1. The van der Waals surface area contributed by atoms with E-state index < -0.39 is 0 Å². The number of likely N-dealkylation sites (tertiary alicyclic amines) is 1. The van der Waals surface area contributed by atoms with E-state index in [9.17, 15) is 4.79 Å². The zero-order chi connectivity index (χ0) is 20.1. The molecule has 1 saturated heterocycles. The second kappa shape index (κ2) is 9.64. The van der Waals surface area contributed by atoms with Crippen molar-refractivity contribution in [3.63, 3.8) is 0 Å². The molecule has 0 spiro atoms. The number of anilines is 1. The Labute approximate surface area is 176 Å². The third kappa shape index (κ3) is 5.63. The summed E-state index contributed by atoms with van der Waals surface area (Å²) in [5.41, 5.74) is 1.68. The third-order valence-corrected chi connectivity index (χ3v) is 5.50. The maximum absolute atomic E-state index is 12.8. The maximum Gasteiger partial charge on any atom is 0.228 e. The first-order chi connectivity index (χ1) is 13.4. The lowest BCUT2D eigenvalue weighted by Gasteiger charge is -2.32. The number of hydrogen-bond donors (Lipinski definition) is 1. The van der Waals surface area contributed by atoms with Crippen molar-refractivity contribution in [3.8, 4) is 5.75 Å². The predicted molar refractivity (Wildman–Crippen MR) is 115 cm³/mol. The van der Waals surface area contributed by atoms with Crippen LogP contribution in [0.5, 0.6) is 5.75 Å². The van der Waals surface area contributed by atoms with Crippen LogP contribution in [0.15, 0.2) is 42.5 Å². The van der Waals surface area contributed by atoms with Crippen LogP contribution in [0.4, 0.5) is 5.69 Å². The van der Waals surface area contributed by atoms with E-state index in [0.29, 0.717) is 23.1 Å². The van der Waals surface area contributed by atoms with Gasteiger partial charge in [-0.25, -0.2) is 0 Å². The van der Waals surface area contributed by atoms with Crippen molar-refractivity contribution >= 4 is 34.8 Å². The first kappa shape index (κ1) is 21.0. The highest BCUT2D eigenvalue weighted by Crippen LogP contribution is 2.28. The van der Waals surface area contributed by atoms with Gasteiger partial charge in [-0.1, -0.05) is 35.3 Å². The molecule has 0 radical (unpaired) electrons. The monoisotopic (exact) mass is 420 g/mol. The summed E-state index contributed by atoms with van der Waals surface area (Å²) in [6.07, 6.45) is 1.94. The quantitative estimate of drug-likeness (QED) is 0.657. The molecule has 1 amide bonds. The molecule has 1 unspecified atom stereocenters. The molecule has 1 atom stereocenters. The Morgan fingerprint density at radius 2 is 1.93 bits per heavy atom. The standard InChI is InChI=1S/C22H26Cl2N2O2/c1-15(2)28-18-8-3-7-17(12-18)25-22(27)16-6-5-11-26(13-16)14-19-20(23)9-4-10-21(19)24/h3-4,7-10,12,15-16H,5-6,11,13-14H2,1-2H3,(H,25,27). The van der Waals surface area contributed by atoms with Gasteiger partial charge in [0.1, 0.15) is 5.75 Å². The number of nitrogens with one attached hydrogen (secondary N) is 1. The van der Waals surface area contributed by atoms with E-state index >= 15 is 0 Å². The summed E-state index contributed by atoms with van der Waals surface area (Å²) >= 11 is 12.6. The van der Waals surface area contributed by atoms with Crippen LogP contribution in [0.25, 0.3) is 0 Å². The van der Waals surface area contributed by atoms with Gasteiger partial charge in [0.25, 0.3) is 0 Å². The number of amides is 1. The van der Waals surface area contributed by atoms with Gasteiger partial charge in [-0.3, -0.25) is 9.69 Å². The molecule has 1 heterocycles. The fraction of sp³-hybridized carbons (Fsp3) is 0.409. The molecule has 0 bridgehead atoms. The summed E-state index contributed by atoms with van der Waals surface area (Å²) < 4.78 is 5.70. The van der Waals surface area contributed by atoms with Crippen LogP contribution < -0.4 is 10.1 Å². The average molecular weight is 421 g/mol. The smallest absolute Gasteiger partial charge is 0.228 e. The van der Waals surface area contributed by atoms with Gasteiger partial charge < -0.3 is 10.1 Å². The Hall–Kier alpha value is -1.75. The Balaban J connectivity index is 1.61. The zero-order valence-corrected chi connectivity index (χ0v) is 17.8. The normalized spacial score (nSPS) is 17.5. The van der Waals surface area contributed by atoms with Crippen molar-refractivity contribution < 1.29 is 9.53 Å². The number of carbonyl (C=O) groups excluding carboxylic acids is 1. The molecule has 150 valence electrons. The van der Waals surface area contributed by atoms with Gasteiger partial charge in [-0.2, -0.15) is 0 Å². The van der Waals surface area contributed by atoms with Crippen LogP contribution in [0, 0.1) is 5.92 Å². The van der Waals surface area contributed by atoms with Gasteiger partial charge in [0, 0.05) is 40.5 Å². The van der Waals surface area contributed by atoms with Crippen LogP contribution in [0.1, 0.15) is 32.3 Å². The Kier molecular flexibility index (Phi) is 7.22. The van der Waals surface area contributed by atoms with Crippen molar-refractivity contribution in [2.45, 2.75) is 39.3 Å². The number of nitrogens with zero attached hydrogens (tertiary/aromatic N) is 1. The van der Waals surface area contributed by atoms with Crippen LogP contribution in [0.3, 0.4) is 0 Å². The minimum absolute atomic E-state index is 0.0386. The molecule has 0 aromatic heterocycles. The highest BCUT2D eigenvalue weighted by Gasteiger charge is 2.26. The van der Waals surface area contributed by atoms with Crippen LogP contribution in [-0.4, -0.2) is 30.0 Å². The molecule has 2 aromatic rings. The Morgan fingerprint density at radius 3 is 2.64 bits per heavy atom. The second-order valence-electron chi connectivity index (χ2n) is 7.46. The first-order valence-corrected chi connectivity index (χ1v) is 10.4. The number of rotatable bonds is 6. The molecule has 1 aliphatic rings. The van der Waals surface area contributed by atoms with Gasteiger partial charge in [0.2, 0.25) is 5.91 Å². The number of carbonyl (C=O) groups is 1. The molecule has 6 heteroatoms. The minimum atomic E-state index is -0.0651. The summed E-state index contributed by atoms with van der Waals surface area (Å²) in [6.45, 7) is 6.23. The SMILES string of the molecule is CC(C)Oc1cccc(NC(=O)C2CCCN(Cc3c(Cl)cccc3Cl)C2)c1. The number of benzene rings is 2. The Bertz CT molecular complexity index is 806. The molecule has 28 heavy (non-hydrogen) atoms. The number of halogens is 2. The van der Waals surface area contributed by atoms with E-state index in [0.717, 1.165) is 36.4 Å². The van der Waals surface area contributed by atoms with Crippen molar-refractivity contribution in [3.05, 3.63) is 58.1 Å². The van der Waals surface area contributed by atoms with Gasteiger partial charge in [-0.15, -0.1) is 0 Å². The highest BCUT2D eigenvalue weighted by atomic mass is 35.5. The second-order valence-corrected chi connectivity index (χ2v) is 8.27. The molecule has 4 nitrogen and oxygen atoms in total. The van der Waals surface area contributed by atoms with Gasteiger partial charge in [-0.05, 0) is 57.5 Å². The molecule has 0 saturated carbocycles. The van der Waals surface area contributed by atoms with Crippen LogP contribution in [-0.2, 0) is 11.3 Å². The van der Waals surface area contributed by atoms with E-state index in [1.165, 1.54) is 0 Å². The van der Waals surface area contributed by atoms with Gasteiger partial charge in [0.05, 0.1) is 12.0 Å². The first-order valence-electron chi connectivity index (χ1n) is 9.65. The fourth-order valence-corrected chi connectivity index (χ4v) is 4.00. The van der Waals surface area contributed by atoms with Crippen molar-refractivity contribution in [2.75, 3.05) is 18.4 Å². The van der Waals surface area contributed by atoms with Crippen LogP contribution in [0.2, 0.25) is 10.0 Å². The number of piperidine rings is 1. The van der Waals surface area contributed by atoms with Crippen molar-refractivity contribution in [1.29, 1.82) is 0 Å². The van der Waals surface area contributed by atoms with Crippen molar-refractivity contribution in [2.24, 2.45) is 5.92 Å². The molecule has 1 fully saturated rings. The average Bonchev–Trinajstić information content (AvgIpc) is 2.65. The van der Waals surface area contributed by atoms with Gasteiger partial charge in [0.15, 0.2) is 0 Å². The summed E-state index contributed by atoms with van der Waals surface area (Å²) in [7, 11) is 0. The lowest BCUT2D eigenvalue weighted by molar-refractivity contribution is -0.121. The molecule has 2 aromatic carbocycles. The molecular weight excluding hydrogens is 395 g/mol. The molecule has 0 aliphatic carbocycles. The zero-order valence-electron chi connectivity index (χ0n) is 16.3. The largest absolute Gasteiger partial charge is 0.491 e. The van der Waals surface area contributed by atoms with E-state index in [2.05, 4.69) is 10.2 Å². The number of ether oxygens (including phenoxy) is 1. The highest BCUT2D eigenvalue weighted by molar-refractivity contribution is 6.35. The van der Waals surface area contributed by atoms with E-state index in [1.807, 2.05) is 56.3 Å². The summed E-state index contributed by atoms with van der Waals surface area (Å²) in [5, 5.41) is 4.37. The molecule has 1 N–H and O–H groups in total. The minimum Gasteiger partial charge on any atom is -0.491 e. The maximum atomic E-state index is 12.8. The lowest BCUT2D eigenvalue weighted by atomic mass is 9.96. The van der Waals surface area contributed by atoms with Crippen molar-refractivity contribution in [1.82, 2.24) is 4.90 Å². The van der Waals surface area contributed by atoms with Crippen LogP contribution >= 0.6 is 23.2 Å². The van der Waals surface area contributed by atoms with E-state index in [1.54, 1.807) is 0 Å². The Morgan fingerprint density at radius 1 is 1.21 bits per heavy atom.